The SMILES string of the molecule is CCN(CC)CCCN(CC)CCNCc1cccnc1. The number of likely N-dealkylation sites (N-methyl/N-ethyl adjacent to an activating group) is 1. The molecule has 4 heteroatoms. The first-order chi connectivity index (χ1) is 10.3. The molecular weight excluding hydrogens is 260 g/mol. The average Bonchev–Trinajstić information content (AvgIpc) is 2.54. The Hall–Kier alpha value is -0.970. The molecular formula is C17H32N4. The highest BCUT2D eigenvalue weighted by molar-refractivity contribution is 5.07. The number of aromatic nitrogens is 1. The largest absolute Gasteiger partial charge is 0.311 e. The molecule has 0 amide bonds. The summed E-state index contributed by atoms with van der Waals surface area (Å²) in [6.07, 6.45) is 5.00. The van der Waals surface area contributed by atoms with Crippen LogP contribution in [0.5, 0.6) is 0 Å². The highest BCUT2D eigenvalue weighted by atomic mass is 15.1. The van der Waals surface area contributed by atoms with Crippen molar-refractivity contribution < 1.29 is 0 Å². The van der Waals surface area contributed by atoms with Gasteiger partial charge in [-0.15, -0.1) is 0 Å². The Bertz CT molecular complexity index is 338. The molecule has 0 aliphatic carbocycles. The second-order valence-electron chi connectivity index (χ2n) is 5.35. The minimum absolute atomic E-state index is 0.908. The fourth-order valence-corrected chi connectivity index (χ4v) is 2.46. The van der Waals surface area contributed by atoms with Gasteiger partial charge in [0.1, 0.15) is 0 Å². The van der Waals surface area contributed by atoms with E-state index in [0.29, 0.717) is 0 Å². The van der Waals surface area contributed by atoms with Crippen LogP contribution in [0.2, 0.25) is 0 Å². The molecule has 0 bridgehead atoms. The van der Waals surface area contributed by atoms with Gasteiger partial charge in [0, 0.05) is 32.0 Å². The minimum Gasteiger partial charge on any atom is -0.311 e. The van der Waals surface area contributed by atoms with Crippen LogP contribution in [0.1, 0.15) is 32.8 Å². The fraction of sp³-hybridized carbons (Fsp3) is 0.706. The lowest BCUT2D eigenvalue weighted by Crippen LogP contribution is -2.34. The molecule has 1 N–H and O–H groups in total. The molecule has 1 heterocycles. The molecule has 0 saturated carbocycles. The van der Waals surface area contributed by atoms with Gasteiger partial charge >= 0.3 is 0 Å². The Balaban J connectivity index is 2.10. The van der Waals surface area contributed by atoms with E-state index in [1.165, 1.54) is 25.1 Å². The third-order valence-electron chi connectivity index (χ3n) is 3.95. The van der Waals surface area contributed by atoms with Crippen molar-refractivity contribution in [2.45, 2.75) is 33.7 Å². The van der Waals surface area contributed by atoms with Gasteiger partial charge in [0.2, 0.25) is 0 Å². The summed E-state index contributed by atoms with van der Waals surface area (Å²) in [6, 6.07) is 4.10. The van der Waals surface area contributed by atoms with E-state index in [1.807, 2.05) is 18.5 Å². The number of hydrogen-bond acceptors (Lipinski definition) is 4. The van der Waals surface area contributed by atoms with E-state index in [2.05, 4.69) is 46.9 Å². The predicted octanol–water partition coefficient (Wildman–Crippen LogP) is 2.22. The monoisotopic (exact) mass is 292 g/mol. The van der Waals surface area contributed by atoms with Gasteiger partial charge in [-0.25, -0.2) is 0 Å². The van der Waals surface area contributed by atoms with Gasteiger partial charge < -0.3 is 15.1 Å². The van der Waals surface area contributed by atoms with E-state index >= 15 is 0 Å². The van der Waals surface area contributed by atoms with Crippen molar-refractivity contribution in [1.29, 1.82) is 0 Å². The van der Waals surface area contributed by atoms with E-state index in [0.717, 1.165) is 39.3 Å². The third kappa shape index (κ3) is 8.15. The quantitative estimate of drug-likeness (QED) is 0.599. The van der Waals surface area contributed by atoms with Gasteiger partial charge in [-0.1, -0.05) is 26.8 Å². The molecule has 0 atom stereocenters. The van der Waals surface area contributed by atoms with Crippen LogP contribution in [0.25, 0.3) is 0 Å². The Morgan fingerprint density at radius 2 is 1.71 bits per heavy atom. The first-order valence-corrected chi connectivity index (χ1v) is 8.34. The molecule has 4 nitrogen and oxygen atoms in total. The Morgan fingerprint density at radius 3 is 2.33 bits per heavy atom. The number of rotatable bonds is 12. The van der Waals surface area contributed by atoms with Gasteiger partial charge in [0.05, 0.1) is 0 Å². The van der Waals surface area contributed by atoms with Crippen molar-refractivity contribution in [2.75, 3.05) is 45.8 Å². The van der Waals surface area contributed by atoms with Crippen LogP contribution < -0.4 is 5.32 Å². The molecule has 0 aliphatic heterocycles. The number of nitrogens with zero attached hydrogens (tertiary/aromatic N) is 3. The van der Waals surface area contributed by atoms with Crippen molar-refractivity contribution >= 4 is 0 Å². The zero-order valence-electron chi connectivity index (χ0n) is 14.0. The molecule has 0 radical (unpaired) electrons. The molecule has 1 aromatic rings. The van der Waals surface area contributed by atoms with E-state index in [9.17, 15) is 0 Å². The van der Waals surface area contributed by atoms with Crippen molar-refractivity contribution in [2.24, 2.45) is 0 Å². The summed E-state index contributed by atoms with van der Waals surface area (Å²) in [5, 5.41) is 3.50. The van der Waals surface area contributed by atoms with Gasteiger partial charge in [-0.2, -0.15) is 0 Å². The van der Waals surface area contributed by atoms with Crippen LogP contribution in [0.3, 0.4) is 0 Å². The molecule has 1 aromatic heterocycles. The van der Waals surface area contributed by atoms with Crippen LogP contribution in [-0.2, 0) is 6.54 Å². The van der Waals surface area contributed by atoms with Gasteiger partial charge in [-0.3, -0.25) is 4.98 Å². The highest BCUT2D eigenvalue weighted by Crippen LogP contribution is 1.96. The normalized spacial score (nSPS) is 11.5. The third-order valence-corrected chi connectivity index (χ3v) is 3.95. The van der Waals surface area contributed by atoms with Crippen molar-refractivity contribution in [1.82, 2.24) is 20.1 Å². The van der Waals surface area contributed by atoms with Gasteiger partial charge in [0.25, 0.3) is 0 Å². The number of pyridine rings is 1. The summed E-state index contributed by atoms with van der Waals surface area (Å²) in [5.74, 6) is 0. The molecule has 0 unspecified atom stereocenters. The molecule has 0 fully saturated rings. The maximum atomic E-state index is 4.13. The zero-order chi connectivity index (χ0) is 15.3. The predicted molar refractivity (Wildman–Crippen MR) is 90.5 cm³/mol. The second kappa shape index (κ2) is 11.7. The maximum absolute atomic E-state index is 4.13. The number of hydrogen-bond donors (Lipinski definition) is 1. The lowest BCUT2D eigenvalue weighted by Gasteiger charge is -2.23. The standard InChI is InChI=1S/C17H32N4/c1-4-20(5-2)12-8-13-21(6-3)14-11-19-16-17-9-7-10-18-15-17/h7,9-10,15,19H,4-6,8,11-14,16H2,1-3H3. The van der Waals surface area contributed by atoms with E-state index in [1.54, 1.807) is 0 Å². The first kappa shape index (κ1) is 18.1. The molecule has 0 aromatic carbocycles. The van der Waals surface area contributed by atoms with Gasteiger partial charge in [-0.05, 0) is 50.8 Å². The summed E-state index contributed by atoms with van der Waals surface area (Å²) >= 11 is 0. The van der Waals surface area contributed by atoms with E-state index in [4.69, 9.17) is 0 Å². The van der Waals surface area contributed by atoms with E-state index < -0.39 is 0 Å². The summed E-state index contributed by atoms with van der Waals surface area (Å²) < 4.78 is 0. The summed E-state index contributed by atoms with van der Waals surface area (Å²) in [4.78, 5) is 9.15. The van der Waals surface area contributed by atoms with Crippen molar-refractivity contribution in [3.63, 3.8) is 0 Å². The van der Waals surface area contributed by atoms with Crippen LogP contribution in [0.4, 0.5) is 0 Å². The summed E-state index contributed by atoms with van der Waals surface area (Å²) in [6.45, 7) is 15.7. The van der Waals surface area contributed by atoms with Crippen LogP contribution in [-0.4, -0.2) is 60.6 Å². The van der Waals surface area contributed by atoms with Crippen LogP contribution in [0.15, 0.2) is 24.5 Å². The molecule has 0 spiro atoms. The highest BCUT2D eigenvalue weighted by Gasteiger charge is 2.04. The summed E-state index contributed by atoms with van der Waals surface area (Å²) in [5.41, 5.74) is 1.25. The Labute approximate surface area is 130 Å². The van der Waals surface area contributed by atoms with Crippen molar-refractivity contribution in [3.05, 3.63) is 30.1 Å². The molecule has 1 rings (SSSR count). The fourth-order valence-electron chi connectivity index (χ4n) is 2.46. The smallest absolute Gasteiger partial charge is 0.0312 e. The Kier molecular flexibility index (Phi) is 10.0. The molecule has 0 aliphatic rings. The topological polar surface area (TPSA) is 31.4 Å². The second-order valence-corrected chi connectivity index (χ2v) is 5.35. The van der Waals surface area contributed by atoms with Crippen LogP contribution in [0, 0.1) is 0 Å². The first-order valence-electron chi connectivity index (χ1n) is 8.34. The minimum atomic E-state index is 0.908. The van der Waals surface area contributed by atoms with Crippen molar-refractivity contribution in [3.8, 4) is 0 Å². The molecule has 120 valence electrons. The maximum Gasteiger partial charge on any atom is 0.0312 e. The number of nitrogens with one attached hydrogen (secondary N) is 1. The lowest BCUT2D eigenvalue weighted by molar-refractivity contribution is 0.243. The lowest BCUT2D eigenvalue weighted by atomic mass is 10.3. The average molecular weight is 292 g/mol. The zero-order valence-corrected chi connectivity index (χ0v) is 14.0. The van der Waals surface area contributed by atoms with Gasteiger partial charge in [0.15, 0.2) is 0 Å². The molecule has 21 heavy (non-hydrogen) atoms. The Morgan fingerprint density at radius 1 is 1.00 bits per heavy atom. The molecule has 0 saturated heterocycles. The summed E-state index contributed by atoms with van der Waals surface area (Å²) in [7, 11) is 0. The van der Waals surface area contributed by atoms with Crippen LogP contribution >= 0.6 is 0 Å². The van der Waals surface area contributed by atoms with E-state index in [-0.39, 0.29) is 0 Å².